The van der Waals surface area contributed by atoms with Crippen LogP contribution in [-0.4, -0.2) is 13.4 Å². The van der Waals surface area contributed by atoms with Crippen LogP contribution in [0.3, 0.4) is 0 Å². The molecule has 0 saturated heterocycles. The van der Waals surface area contributed by atoms with Gasteiger partial charge in [-0.2, -0.15) is 0 Å². The van der Waals surface area contributed by atoms with Crippen LogP contribution in [0.4, 0.5) is 5.69 Å². The zero-order chi connectivity index (χ0) is 14.9. The molecule has 0 radical (unpaired) electrons. The quantitative estimate of drug-likeness (QED) is 0.816. The van der Waals surface area contributed by atoms with Crippen molar-refractivity contribution in [3.05, 3.63) is 50.7 Å². The average Bonchev–Trinajstić information content (AvgIpc) is 2.33. The molecule has 1 aromatic heterocycles. The van der Waals surface area contributed by atoms with Gasteiger partial charge in [0.15, 0.2) is 0 Å². The highest BCUT2D eigenvalue weighted by Crippen LogP contribution is 2.30. The zero-order valence-electron chi connectivity index (χ0n) is 10.8. The molecular weight excluding hydrogens is 408 g/mol. The van der Waals surface area contributed by atoms with Crippen LogP contribution in [0.25, 0.3) is 0 Å². The summed E-state index contributed by atoms with van der Waals surface area (Å²) in [6.45, 7) is 3.70. The molecule has 106 valence electrons. The number of anilines is 1. The van der Waals surface area contributed by atoms with Crippen LogP contribution in [0.5, 0.6) is 0 Å². The third-order valence-corrected chi connectivity index (χ3v) is 5.85. The third kappa shape index (κ3) is 3.39. The molecule has 1 heterocycles. The Morgan fingerprint density at radius 3 is 2.45 bits per heavy atom. The summed E-state index contributed by atoms with van der Waals surface area (Å²) in [6, 6.07) is 6.63. The summed E-state index contributed by atoms with van der Waals surface area (Å²) in [4.78, 5) is 4.22. The Hall–Kier alpha value is -0.920. The second kappa shape index (κ2) is 5.83. The van der Waals surface area contributed by atoms with Gasteiger partial charge in [-0.1, -0.05) is 15.9 Å². The Kier molecular flexibility index (Phi) is 4.51. The maximum atomic E-state index is 12.4. The van der Waals surface area contributed by atoms with E-state index in [0.717, 1.165) is 15.7 Å². The van der Waals surface area contributed by atoms with Crippen molar-refractivity contribution in [1.29, 1.82) is 0 Å². The molecule has 0 aliphatic rings. The lowest BCUT2D eigenvalue weighted by atomic mass is 10.2. The number of aryl methyl sites for hydroxylation is 2. The normalized spacial score (nSPS) is 11.4. The number of hydrogen-bond acceptors (Lipinski definition) is 3. The van der Waals surface area contributed by atoms with E-state index in [9.17, 15) is 8.42 Å². The first-order chi connectivity index (χ1) is 9.29. The van der Waals surface area contributed by atoms with E-state index >= 15 is 0 Å². The number of hydrogen-bond donors (Lipinski definition) is 1. The summed E-state index contributed by atoms with van der Waals surface area (Å²) < 4.78 is 28.6. The van der Waals surface area contributed by atoms with Crippen LogP contribution < -0.4 is 4.72 Å². The highest BCUT2D eigenvalue weighted by molar-refractivity contribution is 9.11. The first-order valence-electron chi connectivity index (χ1n) is 5.71. The lowest BCUT2D eigenvalue weighted by molar-refractivity contribution is 0.600. The number of nitrogens with one attached hydrogen (secondary N) is 1. The summed E-state index contributed by atoms with van der Waals surface area (Å²) in [5, 5.41) is 0. The smallest absolute Gasteiger partial charge is 0.263 e. The molecule has 2 rings (SSSR count). The number of rotatable bonds is 3. The molecule has 4 nitrogen and oxygen atoms in total. The van der Waals surface area contributed by atoms with Crippen molar-refractivity contribution in [2.24, 2.45) is 0 Å². The van der Waals surface area contributed by atoms with Gasteiger partial charge in [0.25, 0.3) is 10.0 Å². The van der Waals surface area contributed by atoms with Crippen molar-refractivity contribution < 1.29 is 8.42 Å². The van der Waals surface area contributed by atoms with Gasteiger partial charge in [0.2, 0.25) is 0 Å². The molecule has 7 heteroatoms. The minimum atomic E-state index is -3.65. The van der Waals surface area contributed by atoms with Crippen LogP contribution in [0.2, 0.25) is 0 Å². The monoisotopic (exact) mass is 418 g/mol. The zero-order valence-corrected chi connectivity index (χ0v) is 14.8. The fraction of sp³-hybridized carbons (Fsp3) is 0.154. The van der Waals surface area contributed by atoms with E-state index in [-0.39, 0.29) is 4.90 Å². The Morgan fingerprint density at radius 2 is 1.80 bits per heavy atom. The number of aromatic nitrogens is 1. The largest absolute Gasteiger partial charge is 0.279 e. The number of halogens is 2. The Morgan fingerprint density at radius 1 is 1.10 bits per heavy atom. The van der Waals surface area contributed by atoms with E-state index in [4.69, 9.17) is 0 Å². The first-order valence-corrected chi connectivity index (χ1v) is 8.77. The molecule has 0 unspecified atom stereocenters. The molecule has 2 aromatic rings. The van der Waals surface area contributed by atoms with Crippen molar-refractivity contribution >= 4 is 47.6 Å². The van der Waals surface area contributed by atoms with Gasteiger partial charge in [0.1, 0.15) is 4.90 Å². The molecule has 0 atom stereocenters. The predicted molar refractivity (Wildman–Crippen MR) is 86.4 cm³/mol. The summed E-state index contributed by atoms with van der Waals surface area (Å²) in [5.41, 5.74) is 2.19. The van der Waals surface area contributed by atoms with Crippen molar-refractivity contribution in [3.63, 3.8) is 0 Å². The molecule has 0 spiro atoms. The molecule has 0 bridgehead atoms. The van der Waals surface area contributed by atoms with Crippen LogP contribution in [-0.2, 0) is 10.0 Å². The van der Waals surface area contributed by atoms with Gasteiger partial charge in [-0.05, 0) is 59.6 Å². The molecule has 0 aliphatic carbocycles. The highest BCUT2D eigenvalue weighted by atomic mass is 79.9. The van der Waals surface area contributed by atoms with Gasteiger partial charge in [0.05, 0.1) is 5.69 Å². The molecule has 1 aromatic carbocycles. The van der Waals surface area contributed by atoms with Gasteiger partial charge < -0.3 is 0 Å². The summed E-state index contributed by atoms with van der Waals surface area (Å²) in [6.07, 6.45) is 1.56. The van der Waals surface area contributed by atoms with E-state index in [2.05, 4.69) is 41.6 Å². The van der Waals surface area contributed by atoms with Crippen molar-refractivity contribution in [1.82, 2.24) is 4.98 Å². The van der Waals surface area contributed by atoms with Crippen LogP contribution in [0, 0.1) is 13.8 Å². The summed E-state index contributed by atoms with van der Waals surface area (Å²) in [7, 11) is -3.65. The van der Waals surface area contributed by atoms with Gasteiger partial charge in [0, 0.05) is 20.8 Å². The van der Waals surface area contributed by atoms with E-state index < -0.39 is 10.0 Å². The molecule has 0 amide bonds. The van der Waals surface area contributed by atoms with E-state index in [0.29, 0.717) is 10.2 Å². The minimum absolute atomic E-state index is 0.185. The molecule has 1 N–H and O–H groups in total. The second-order valence-corrected chi connectivity index (χ2v) is 7.68. The van der Waals surface area contributed by atoms with Gasteiger partial charge >= 0.3 is 0 Å². The van der Waals surface area contributed by atoms with E-state index in [1.807, 2.05) is 6.92 Å². The molecular formula is C13H12Br2N2O2S. The standard InChI is InChI=1S/C13H12Br2N2O2S/c1-8-5-12(15)13(7-11(8)14)20(18,19)17-10-3-4-16-9(2)6-10/h3-7H,1-2H3,(H,16,17). The van der Waals surface area contributed by atoms with Gasteiger partial charge in [-0.25, -0.2) is 8.42 Å². The van der Waals surface area contributed by atoms with E-state index in [1.165, 1.54) is 0 Å². The topological polar surface area (TPSA) is 59.1 Å². The first kappa shape index (κ1) is 15.5. The molecule has 20 heavy (non-hydrogen) atoms. The summed E-state index contributed by atoms with van der Waals surface area (Å²) in [5.74, 6) is 0. The van der Waals surface area contributed by atoms with Gasteiger partial charge in [-0.15, -0.1) is 0 Å². The van der Waals surface area contributed by atoms with Gasteiger partial charge in [-0.3, -0.25) is 9.71 Å². The molecule has 0 fully saturated rings. The Balaban J connectivity index is 2.43. The molecule has 0 aliphatic heterocycles. The number of sulfonamides is 1. The van der Waals surface area contributed by atoms with E-state index in [1.54, 1.807) is 37.4 Å². The predicted octanol–water partition coefficient (Wildman–Crippen LogP) is 4.02. The number of nitrogens with zero attached hydrogens (tertiary/aromatic N) is 1. The highest BCUT2D eigenvalue weighted by Gasteiger charge is 2.19. The van der Waals surface area contributed by atoms with Crippen LogP contribution >= 0.6 is 31.9 Å². The SMILES string of the molecule is Cc1cc(NS(=O)(=O)c2cc(Br)c(C)cc2Br)ccn1. The minimum Gasteiger partial charge on any atom is -0.279 e. The lowest BCUT2D eigenvalue weighted by Crippen LogP contribution is -2.14. The second-order valence-electron chi connectivity index (χ2n) is 4.32. The van der Waals surface area contributed by atoms with Crippen LogP contribution in [0.1, 0.15) is 11.3 Å². The van der Waals surface area contributed by atoms with Crippen LogP contribution in [0.15, 0.2) is 44.3 Å². The van der Waals surface area contributed by atoms with Crippen molar-refractivity contribution in [2.45, 2.75) is 18.7 Å². The maximum Gasteiger partial charge on any atom is 0.263 e. The fourth-order valence-electron chi connectivity index (χ4n) is 1.65. The van der Waals surface area contributed by atoms with Crippen molar-refractivity contribution in [2.75, 3.05) is 4.72 Å². The van der Waals surface area contributed by atoms with Crippen molar-refractivity contribution in [3.8, 4) is 0 Å². The maximum absolute atomic E-state index is 12.4. The molecule has 0 saturated carbocycles. The fourth-order valence-corrected chi connectivity index (χ4v) is 4.38. The number of benzene rings is 1. The Bertz CT molecular complexity index is 761. The third-order valence-electron chi connectivity index (χ3n) is 2.65. The Labute approximate surface area is 134 Å². The lowest BCUT2D eigenvalue weighted by Gasteiger charge is -2.11. The summed E-state index contributed by atoms with van der Waals surface area (Å²) >= 11 is 6.64. The number of pyridine rings is 1. The average molecular weight is 420 g/mol.